The third kappa shape index (κ3) is 2.98. The van der Waals surface area contributed by atoms with E-state index >= 15 is 0 Å². The second-order valence-corrected chi connectivity index (χ2v) is 7.95. The van der Waals surface area contributed by atoms with Crippen molar-refractivity contribution in [1.29, 1.82) is 0 Å². The van der Waals surface area contributed by atoms with E-state index in [9.17, 15) is 8.42 Å². The van der Waals surface area contributed by atoms with Crippen molar-refractivity contribution < 1.29 is 8.42 Å². The quantitative estimate of drug-likeness (QED) is 0.874. The molecule has 8 heteroatoms. The summed E-state index contributed by atoms with van der Waals surface area (Å²) in [4.78, 5) is 3.97. The van der Waals surface area contributed by atoms with Gasteiger partial charge in [0.25, 0.3) is 0 Å². The molecule has 1 aromatic rings. The highest BCUT2D eigenvalue weighted by Crippen LogP contribution is 2.25. The third-order valence-electron chi connectivity index (χ3n) is 2.65. The molecule has 0 radical (unpaired) electrons. The molecule has 1 aromatic heterocycles. The fourth-order valence-corrected chi connectivity index (χ4v) is 4.80. The number of hydrogen-bond donors (Lipinski definition) is 1. The lowest BCUT2D eigenvalue weighted by Gasteiger charge is -2.20. The molecule has 100 valence electrons. The van der Waals surface area contributed by atoms with Gasteiger partial charge in [0.15, 0.2) is 0 Å². The zero-order valence-electron chi connectivity index (χ0n) is 9.67. The van der Waals surface area contributed by atoms with E-state index in [-0.39, 0.29) is 10.7 Å². The maximum Gasteiger partial charge on any atom is 0.246 e. The number of nitrogens with zero attached hydrogens (tertiary/aromatic N) is 2. The molecular weight excluding hydrogens is 338 g/mol. The van der Waals surface area contributed by atoms with Crippen molar-refractivity contribution in [2.24, 2.45) is 0 Å². The Morgan fingerprint density at radius 1 is 1.39 bits per heavy atom. The van der Waals surface area contributed by atoms with E-state index in [4.69, 9.17) is 5.73 Å². The lowest BCUT2D eigenvalue weighted by molar-refractivity contribution is 0.435. The zero-order chi connectivity index (χ0) is 13.2. The van der Waals surface area contributed by atoms with Gasteiger partial charge < -0.3 is 5.73 Å². The highest BCUT2D eigenvalue weighted by atomic mass is 79.9. The molecule has 1 fully saturated rings. The Bertz CT molecular complexity index is 528. The van der Waals surface area contributed by atoms with Gasteiger partial charge in [-0.1, -0.05) is 0 Å². The first-order valence-electron chi connectivity index (χ1n) is 5.51. The van der Waals surface area contributed by atoms with Crippen molar-refractivity contribution in [1.82, 2.24) is 9.29 Å². The second-order valence-electron chi connectivity index (χ2n) is 3.91. The van der Waals surface area contributed by atoms with Crippen LogP contribution in [0.25, 0.3) is 0 Å². The minimum absolute atomic E-state index is 0.0510. The number of nitrogen functional groups attached to an aromatic ring is 1. The van der Waals surface area contributed by atoms with Gasteiger partial charge in [-0.3, -0.25) is 0 Å². The average Bonchev–Trinajstić information content (AvgIpc) is 2.61. The van der Waals surface area contributed by atoms with E-state index in [1.165, 1.54) is 16.6 Å². The number of rotatable bonds is 2. The summed E-state index contributed by atoms with van der Waals surface area (Å²) in [5, 5.41) is 0. The van der Waals surface area contributed by atoms with E-state index in [1.807, 2.05) is 0 Å². The van der Waals surface area contributed by atoms with Crippen LogP contribution in [-0.4, -0.2) is 42.3 Å². The van der Waals surface area contributed by atoms with Crippen LogP contribution in [0, 0.1) is 0 Å². The fraction of sp³-hybridized carbons (Fsp3) is 0.500. The van der Waals surface area contributed by atoms with E-state index in [0.717, 1.165) is 17.9 Å². The van der Waals surface area contributed by atoms with Crippen LogP contribution >= 0.6 is 27.7 Å². The van der Waals surface area contributed by atoms with E-state index in [1.54, 1.807) is 11.8 Å². The smallest absolute Gasteiger partial charge is 0.246 e. The minimum atomic E-state index is -3.54. The first-order chi connectivity index (χ1) is 8.51. The lowest BCUT2D eigenvalue weighted by Crippen LogP contribution is -2.33. The van der Waals surface area contributed by atoms with Crippen molar-refractivity contribution >= 4 is 43.5 Å². The molecule has 2 N–H and O–H groups in total. The van der Waals surface area contributed by atoms with Gasteiger partial charge >= 0.3 is 0 Å². The molecule has 2 heterocycles. The maximum atomic E-state index is 12.5. The molecule has 5 nitrogen and oxygen atoms in total. The van der Waals surface area contributed by atoms with Crippen LogP contribution in [0.1, 0.15) is 6.42 Å². The topological polar surface area (TPSA) is 76.3 Å². The van der Waals surface area contributed by atoms with Crippen LogP contribution in [-0.2, 0) is 10.0 Å². The van der Waals surface area contributed by atoms with Gasteiger partial charge in [0.2, 0.25) is 10.0 Å². The number of aromatic nitrogens is 1. The van der Waals surface area contributed by atoms with Crippen LogP contribution in [0.4, 0.5) is 5.82 Å². The van der Waals surface area contributed by atoms with Crippen LogP contribution in [0.15, 0.2) is 21.6 Å². The molecular formula is C10H14BrN3O2S2. The predicted octanol–water partition coefficient (Wildman–Crippen LogP) is 1.55. The largest absolute Gasteiger partial charge is 0.383 e. The number of hydrogen-bond acceptors (Lipinski definition) is 5. The molecule has 18 heavy (non-hydrogen) atoms. The van der Waals surface area contributed by atoms with Crippen molar-refractivity contribution in [3.63, 3.8) is 0 Å². The molecule has 0 aliphatic carbocycles. The summed E-state index contributed by atoms with van der Waals surface area (Å²) in [6.45, 7) is 1.07. The number of nitrogens with two attached hydrogens (primary N) is 1. The molecule has 1 aliphatic heterocycles. The number of halogens is 1. The molecule has 1 saturated heterocycles. The third-order valence-corrected chi connectivity index (χ3v) is 6.06. The first-order valence-corrected chi connectivity index (χ1v) is 8.89. The SMILES string of the molecule is Nc1ncc(Br)cc1S(=O)(=O)N1CCCSCC1. The monoisotopic (exact) mass is 351 g/mol. The fourth-order valence-electron chi connectivity index (χ4n) is 1.74. The molecule has 0 aromatic carbocycles. The summed E-state index contributed by atoms with van der Waals surface area (Å²) < 4.78 is 27.1. The normalized spacial score (nSPS) is 18.5. The number of anilines is 1. The zero-order valence-corrected chi connectivity index (χ0v) is 12.9. The van der Waals surface area contributed by atoms with Crippen LogP contribution in [0.2, 0.25) is 0 Å². The van der Waals surface area contributed by atoms with E-state index in [0.29, 0.717) is 17.6 Å². The molecule has 0 spiro atoms. The van der Waals surface area contributed by atoms with Crippen LogP contribution in [0.5, 0.6) is 0 Å². The van der Waals surface area contributed by atoms with Gasteiger partial charge in [0, 0.05) is 29.5 Å². The molecule has 0 bridgehead atoms. The Morgan fingerprint density at radius 3 is 2.94 bits per heavy atom. The molecule has 0 amide bonds. The standard InChI is InChI=1S/C10H14BrN3O2S2/c11-8-6-9(10(12)13-7-8)18(15,16)14-2-1-4-17-5-3-14/h6-7H,1-5H2,(H2,12,13). The Morgan fingerprint density at radius 2 is 2.17 bits per heavy atom. The lowest BCUT2D eigenvalue weighted by atomic mass is 10.5. The average molecular weight is 352 g/mol. The van der Waals surface area contributed by atoms with Crippen molar-refractivity contribution in [3.8, 4) is 0 Å². The number of pyridine rings is 1. The second kappa shape index (κ2) is 5.77. The Kier molecular flexibility index (Phi) is 4.52. The number of sulfonamides is 1. The summed E-state index contributed by atoms with van der Waals surface area (Å²) in [6, 6.07) is 1.51. The summed E-state index contributed by atoms with van der Waals surface area (Å²) >= 11 is 5.00. The Labute approximate surface area is 119 Å². The van der Waals surface area contributed by atoms with Crippen molar-refractivity contribution in [2.75, 3.05) is 30.3 Å². The van der Waals surface area contributed by atoms with E-state index in [2.05, 4.69) is 20.9 Å². The van der Waals surface area contributed by atoms with Gasteiger partial charge in [-0.25, -0.2) is 13.4 Å². The first kappa shape index (κ1) is 14.1. The Balaban J connectivity index is 2.37. The molecule has 0 unspecified atom stereocenters. The Hall–Kier alpha value is -0.310. The highest BCUT2D eigenvalue weighted by molar-refractivity contribution is 9.10. The molecule has 0 atom stereocenters. The highest BCUT2D eigenvalue weighted by Gasteiger charge is 2.27. The maximum absolute atomic E-state index is 12.5. The van der Waals surface area contributed by atoms with Gasteiger partial charge in [-0.2, -0.15) is 16.1 Å². The van der Waals surface area contributed by atoms with Gasteiger partial charge in [-0.15, -0.1) is 0 Å². The molecule has 0 saturated carbocycles. The van der Waals surface area contributed by atoms with Crippen molar-refractivity contribution in [2.45, 2.75) is 11.3 Å². The van der Waals surface area contributed by atoms with Crippen molar-refractivity contribution in [3.05, 3.63) is 16.7 Å². The summed E-state index contributed by atoms with van der Waals surface area (Å²) in [5.74, 6) is 1.87. The van der Waals surface area contributed by atoms with Gasteiger partial charge in [0.05, 0.1) is 0 Å². The molecule has 1 aliphatic rings. The van der Waals surface area contributed by atoms with Gasteiger partial charge in [-0.05, 0) is 34.2 Å². The van der Waals surface area contributed by atoms with Crippen LogP contribution in [0.3, 0.4) is 0 Å². The summed E-state index contributed by atoms with van der Waals surface area (Å²) in [6.07, 6.45) is 2.36. The summed E-state index contributed by atoms with van der Waals surface area (Å²) in [5.41, 5.74) is 5.68. The van der Waals surface area contributed by atoms with Gasteiger partial charge in [0.1, 0.15) is 10.7 Å². The molecule has 2 rings (SSSR count). The van der Waals surface area contributed by atoms with Crippen LogP contribution < -0.4 is 5.73 Å². The summed E-state index contributed by atoms with van der Waals surface area (Å²) in [7, 11) is -3.54. The number of thioether (sulfide) groups is 1. The minimum Gasteiger partial charge on any atom is -0.383 e. The predicted molar refractivity (Wildman–Crippen MR) is 77.1 cm³/mol. The van der Waals surface area contributed by atoms with E-state index < -0.39 is 10.0 Å².